The largest absolute Gasteiger partial charge is 0.496 e. The van der Waals surface area contributed by atoms with Crippen molar-refractivity contribution in [3.8, 4) is 5.75 Å². The third-order valence-corrected chi connectivity index (χ3v) is 9.14. The average molecular weight is 580 g/mol. The third kappa shape index (κ3) is 6.68. The molecule has 1 aliphatic heterocycles. The predicted octanol–water partition coefficient (Wildman–Crippen LogP) is 6.78. The first kappa shape index (κ1) is 32.0. The van der Waals surface area contributed by atoms with Gasteiger partial charge in [0.1, 0.15) is 11.8 Å². The summed E-state index contributed by atoms with van der Waals surface area (Å²) in [5.41, 5.74) is 2.41. The molecule has 0 radical (unpaired) electrons. The van der Waals surface area contributed by atoms with Crippen molar-refractivity contribution in [1.29, 1.82) is 0 Å². The number of methoxy groups -OCH3 is 2. The summed E-state index contributed by atoms with van der Waals surface area (Å²) >= 11 is 0. The Bertz CT molecular complexity index is 1230. The van der Waals surface area contributed by atoms with Crippen molar-refractivity contribution in [2.24, 2.45) is 17.3 Å². The van der Waals surface area contributed by atoms with Gasteiger partial charge in [-0.3, -0.25) is 4.79 Å². The van der Waals surface area contributed by atoms with Gasteiger partial charge in [-0.2, -0.15) is 0 Å². The van der Waals surface area contributed by atoms with Crippen LogP contribution in [0.15, 0.2) is 48.5 Å². The Labute approximate surface area is 251 Å². The number of likely N-dealkylation sites (tertiary alicyclic amines) is 1. The van der Waals surface area contributed by atoms with Gasteiger partial charge in [0.25, 0.3) is 0 Å². The number of hydrogen-bond acceptors (Lipinski definition) is 5. The molecular weight excluding hydrogens is 530 g/mol. The molecule has 0 bridgehead atoms. The maximum Gasteiger partial charge on any atom is 0.326 e. The van der Waals surface area contributed by atoms with Crippen molar-refractivity contribution in [2.45, 2.75) is 104 Å². The van der Waals surface area contributed by atoms with Crippen LogP contribution >= 0.6 is 0 Å². The lowest BCUT2D eigenvalue weighted by Crippen LogP contribution is -2.49. The molecule has 7 nitrogen and oxygen atoms in total. The van der Waals surface area contributed by atoms with E-state index in [0.29, 0.717) is 6.42 Å². The van der Waals surface area contributed by atoms with Crippen molar-refractivity contribution in [2.75, 3.05) is 14.2 Å². The van der Waals surface area contributed by atoms with E-state index in [4.69, 9.17) is 14.2 Å². The molecule has 0 unspecified atom stereocenters. The Morgan fingerprint density at radius 1 is 0.976 bits per heavy atom. The molecule has 0 aromatic heterocycles. The van der Waals surface area contributed by atoms with E-state index in [1.807, 2.05) is 57.2 Å². The lowest BCUT2D eigenvalue weighted by Gasteiger charge is -2.36. The number of carbonyl (C=O) groups excluding carboxylic acids is 1. The Morgan fingerprint density at radius 3 is 2.24 bits per heavy atom. The van der Waals surface area contributed by atoms with Gasteiger partial charge in [0.15, 0.2) is 0 Å². The fraction of sp³-hybridized carbons (Fsp3) is 0.600. The van der Waals surface area contributed by atoms with Crippen LogP contribution in [0.3, 0.4) is 0 Å². The first-order valence-electron chi connectivity index (χ1n) is 15.2. The molecule has 1 N–H and O–H groups in total. The van der Waals surface area contributed by atoms with E-state index in [0.717, 1.165) is 41.7 Å². The molecule has 6 atom stereocenters. The molecule has 1 saturated heterocycles. The Balaban J connectivity index is 1.81. The van der Waals surface area contributed by atoms with E-state index in [1.165, 1.54) is 0 Å². The number of amides is 1. The van der Waals surface area contributed by atoms with Crippen LogP contribution in [0.2, 0.25) is 0 Å². The highest BCUT2D eigenvalue weighted by atomic mass is 16.5. The minimum atomic E-state index is -1.03. The molecule has 1 amide bonds. The van der Waals surface area contributed by atoms with Crippen LogP contribution < -0.4 is 4.74 Å². The maximum absolute atomic E-state index is 14.4. The molecule has 230 valence electrons. The summed E-state index contributed by atoms with van der Waals surface area (Å²) in [6.07, 6.45) is 2.57. The first-order valence-corrected chi connectivity index (χ1v) is 15.2. The summed E-state index contributed by atoms with van der Waals surface area (Å²) in [4.78, 5) is 29.2. The molecule has 1 saturated carbocycles. The van der Waals surface area contributed by atoms with Crippen LogP contribution in [0.1, 0.15) is 90.0 Å². The minimum Gasteiger partial charge on any atom is -0.496 e. The lowest BCUT2D eigenvalue weighted by molar-refractivity contribution is -0.155. The van der Waals surface area contributed by atoms with Crippen molar-refractivity contribution >= 4 is 11.9 Å². The third-order valence-electron chi connectivity index (χ3n) is 9.14. The number of aliphatic carboxylic acids is 1. The summed E-state index contributed by atoms with van der Waals surface area (Å²) < 4.78 is 18.2. The minimum absolute atomic E-state index is 0.00164. The monoisotopic (exact) mass is 579 g/mol. The van der Waals surface area contributed by atoms with Crippen LogP contribution in [-0.4, -0.2) is 54.4 Å². The molecule has 42 heavy (non-hydrogen) atoms. The number of nitrogens with zero attached hydrogens (tertiary/aromatic N) is 1. The van der Waals surface area contributed by atoms with Crippen molar-refractivity contribution in [3.63, 3.8) is 0 Å². The van der Waals surface area contributed by atoms with Crippen molar-refractivity contribution in [1.82, 2.24) is 4.90 Å². The van der Waals surface area contributed by atoms with Gasteiger partial charge in [0.2, 0.25) is 5.91 Å². The number of benzene rings is 2. The highest BCUT2D eigenvalue weighted by molar-refractivity contribution is 5.87. The van der Waals surface area contributed by atoms with Crippen LogP contribution in [-0.2, 0) is 31.1 Å². The molecule has 2 aromatic carbocycles. The molecule has 1 heterocycles. The Morgan fingerprint density at radius 2 is 1.67 bits per heavy atom. The Kier molecular flexibility index (Phi) is 9.73. The van der Waals surface area contributed by atoms with Gasteiger partial charge in [-0.05, 0) is 53.4 Å². The fourth-order valence-corrected chi connectivity index (χ4v) is 6.93. The van der Waals surface area contributed by atoms with E-state index in [-0.39, 0.29) is 30.0 Å². The average Bonchev–Trinajstić information content (AvgIpc) is 3.31. The zero-order valence-corrected chi connectivity index (χ0v) is 26.6. The van der Waals surface area contributed by atoms with Gasteiger partial charge in [-0.25, -0.2) is 4.79 Å². The van der Waals surface area contributed by atoms with Crippen LogP contribution in [0.25, 0.3) is 0 Å². The van der Waals surface area contributed by atoms with Gasteiger partial charge in [-0.15, -0.1) is 0 Å². The lowest BCUT2D eigenvalue weighted by atomic mass is 9.73. The Hall–Kier alpha value is -2.90. The first-order chi connectivity index (χ1) is 19.8. The van der Waals surface area contributed by atoms with Crippen LogP contribution in [0.5, 0.6) is 5.75 Å². The van der Waals surface area contributed by atoms with Crippen molar-refractivity contribution < 1.29 is 28.9 Å². The number of hydrogen-bond donors (Lipinski definition) is 1. The molecule has 2 aromatic rings. The highest BCUT2D eigenvalue weighted by Crippen LogP contribution is 2.51. The molecule has 7 heteroatoms. The smallest absolute Gasteiger partial charge is 0.326 e. The zero-order valence-electron chi connectivity index (χ0n) is 26.6. The van der Waals surface area contributed by atoms with Gasteiger partial charge < -0.3 is 24.2 Å². The topological polar surface area (TPSA) is 85.3 Å². The van der Waals surface area contributed by atoms with Crippen molar-refractivity contribution in [3.05, 3.63) is 65.2 Å². The number of rotatable bonds is 8. The number of ether oxygens (including phenoxy) is 3. The predicted molar refractivity (Wildman–Crippen MR) is 163 cm³/mol. The van der Waals surface area contributed by atoms with E-state index in [9.17, 15) is 14.7 Å². The molecule has 4 rings (SSSR count). The van der Waals surface area contributed by atoms with E-state index in [1.54, 1.807) is 19.1 Å². The molecule has 0 spiro atoms. The quantitative estimate of drug-likeness (QED) is 0.371. The number of carbonyl (C=O) groups is 2. The fourth-order valence-electron chi connectivity index (χ4n) is 6.93. The summed E-state index contributed by atoms with van der Waals surface area (Å²) in [6.45, 7) is 12.9. The van der Waals surface area contributed by atoms with E-state index < -0.39 is 35.5 Å². The summed E-state index contributed by atoms with van der Waals surface area (Å²) in [6, 6.07) is 14.3. The standard InChI is InChI=1S/C35H49NO6/c1-34(2,3)25-17-18-27(41-8)24(19-25)21-42-31-28(35(4,5)6)30(33(38)39)36(29(31)22-13-10-9-11-14-22)32(37)23-15-12-16-26(20-23)40-7/h9-11,13-14,17-19,23,26,28-31H,12,15-16,20-21H2,1-8H3,(H,38,39)/t23-,26-,28-,29+,30+,31+/m1/s1. The SMILES string of the molecule is COc1ccc(C(C)(C)C)cc1CO[C@H]1[C@H](C(C)(C)C)[C@@H](C(=O)O)N(C(=O)[C@@H]2CCC[C@@H](OC)C2)[C@H]1c1ccccc1. The molecule has 1 aliphatic carbocycles. The molecular formula is C35H49NO6. The van der Waals surface area contributed by atoms with Crippen LogP contribution in [0.4, 0.5) is 0 Å². The highest BCUT2D eigenvalue weighted by Gasteiger charge is 2.59. The van der Waals surface area contributed by atoms with E-state index >= 15 is 0 Å². The second-order valence-corrected chi connectivity index (χ2v) is 14.0. The van der Waals surface area contributed by atoms with Gasteiger partial charge in [0.05, 0.1) is 32.0 Å². The van der Waals surface area contributed by atoms with Gasteiger partial charge in [-0.1, -0.05) is 84.4 Å². The maximum atomic E-state index is 14.4. The van der Waals surface area contributed by atoms with Crippen LogP contribution in [0, 0.1) is 17.3 Å². The molecule has 2 aliphatic rings. The summed E-state index contributed by atoms with van der Waals surface area (Å²) in [7, 11) is 3.33. The number of carboxylic acids is 1. The van der Waals surface area contributed by atoms with E-state index in [2.05, 4.69) is 32.9 Å². The normalized spacial score (nSPS) is 26.7. The zero-order chi connectivity index (χ0) is 30.8. The second-order valence-electron chi connectivity index (χ2n) is 14.0. The summed E-state index contributed by atoms with van der Waals surface area (Å²) in [5, 5.41) is 10.7. The molecule has 2 fully saturated rings. The van der Waals surface area contributed by atoms with Gasteiger partial charge >= 0.3 is 5.97 Å². The summed E-state index contributed by atoms with van der Waals surface area (Å²) in [5.74, 6) is -1.14. The number of carboxylic acid groups (broad SMARTS) is 1. The van der Waals surface area contributed by atoms with Gasteiger partial charge in [0, 0.05) is 24.5 Å². The second kappa shape index (κ2) is 12.8.